The van der Waals surface area contributed by atoms with Gasteiger partial charge in [-0.25, -0.2) is 4.79 Å². The summed E-state index contributed by atoms with van der Waals surface area (Å²) >= 11 is 1.74. The Morgan fingerprint density at radius 2 is 1.93 bits per heavy atom. The van der Waals surface area contributed by atoms with Gasteiger partial charge in [0.2, 0.25) is 0 Å². The highest BCUT2D eigenvalue weighted by molar-refractivity contribution is 7.11. The normalized spacial score (nSPS) is 14.9. The molecule has 3 aromatic rings. The molecular formula is C22H28N4O2S. The van der Waals surface area contributed by atoms with Crippen LogP contribution in [0.15, 0.2) is 42.6 Å². The third-order valence-electron chi connectivity index (χ3n) is 5.28. The summed E-state index contributed by atoms with van der Waals surface area (Å²) in [6, 6.07) is 12.2. The lowest BCUT2D eigenvalue weighted by Crippen LogP contribution is -2.38. The Bertz CT molecular complexity index is 959. The molecule has 3 heterocycles. The van der Waals surface area contributed by atoms with Gasteiger partial charge in [0.1, 0.15) is 0 Å². The molecule has 1 saturated heterocycles. The Morgan fingerprint density at radius 3 is 2.72 bits per heavy atom. The van der Waals surface area contributed by atoms with Crippen LogP contribution in [0.4, 0.5) is 10.5 Å². The van der Waals surface area contributed by atoms with Crippen molar-refractivity contribution in [3.05, 3.63) is 52.3 Å². The maximum absolute atomic E-state index is 12.2. The Balaban J connectivity index is 1.32. The van der Waals surface area contributed by atoms with Crippen molar-refractivity contribution in [2.24, 2.45) is 0 Å². The molecule has 2 N–H and O–H groups in total. The van der Waals surface area contributed by atoms with Crippen molar-refractivity contribution in [3.63, 3.8) is 0 Å². The number of rotatable bonds is 7. The van der Waals surface area contributed by atoms with Crippen molar-refractivity contribution in [3.8, 4) is 0 Å². The molecule has 0 spiro atoms. The van der Waals surface area contributed by atoms with E-state index in [2.05, 4.69) is 57.5 Å². The van der Waals surface area contributed by atoms with Gasteiger partial charge in [-0.3, -0.25) is 4.90 Å². The first-order chi connectivity index (χ1) is 14.2. The van der Waals surface area contributed by atoms with Gasteiger partial charge in [0.05, 0.1) is 19.8 Å². The number of urea groups is 1. The molecule has 2 amide bonds. The van der Waals surface area contributed by atoms with E-state index in [0.29, 0.717) is 6.54 Å². The predicted molar refractivity (Wildman–Crippen MR) is 119 cm³/mol. The monoisotopic (exact) mass is 412 g/mol. The summed E-state index contributed by atoms with van der Waals surface area (Å²) in [7, 11) is 0. The molecule has 1 fully saturated rings. The number of fused-ring (bicyclic) bond motifs is 1. The Hall–Kier alpha value is -2.35. The summed E-state index contributed by atoms with van der Waals surface area (Å²) in [5.41, 5.74) is 2.00. The Morgan fingerprint density at radius 1 is 1.10 bits per heavy atom. The van der Waals surface area contributed by atoms with Crippen molar-refractivity contribution in [1.29, 1.82) is 0 Å². The van der Waals surface area contributed by atoms with E-state index in [1.165, 1.54) is 15.3 Å². The van der Waals surface area contributed by atoms with Crippen LogP contribution in [0.1, 0.15) is 16.7 Å². The zero-order valence-electron chi connectivity index (χ0n) is 16.8. The molecule has 0 unspecified atom stereocenters. The van der Waals surface area contributed by atoms with Crippen LogP contribution in [-0.2, 0) is 24.2 Å². The maximum atomic E-state index is 12.2. The third kappa shape index (κ3) is 5.18. The summed E-state index contributed by atoms with van der Waals surface area (Å²) in [5.74, 6) is 0. The van der Waals surface area contributed by atoms with Crippen LogP contribution in [0, 0.1) is 0 Å². The first kappa shape index (κ1) is 19.9. The molecule has 1 aliphatic rings. The summed E-state index contributed by atoms with van der Waals surface area (Å²) < 4.78 is 7.69. The lowest BCUT2D eigenvalue weighted by Gasteiger charge is -2.26. The first-order valence-electron chi connectivity index (χ1n) is 10.2. The standard InChI is InChI=1S/C22H28N4O2S/c1-2-19-4-5-20(29-19)16-23-22(27)24-18-3-6-21-17(15-18)7-8-26(21)10-9-25-11-13-28-14-12-25/h3-8,15H,2,9-14,16H2,1H3,(H2,23,24,27). The fourth-order valence-electron chi connectivity index (χ4n) is 3.60. The number of hydrogen-bond donors (Lipinski definition) is 2. The van der Waals surface area contributed by atoms with Crippen LogP contribution in [0.3, 0.4) is 0 Å². The van der Waals surface area contributed by atoms with Crippen LogP contribution in [0.2, 0.25) is 0 Å². The summed E-state index contributed by atoms with van der Waals surface area (Å²) in [6.45, 7) is 8.35. The number of morpholine rings is 1. The number of aryl methyl sites for hydroxylation is 1. The molecule has 7 heteroatoms. The molecular weight excluding hydrogens is 384 g/mol. The van der Waals surface area contributed by atoms with Gasteiger partial charge in [-0.05, 0) is 42.8 Å². The molecule has 1 aliphatic heterocycles. The van der Waals surface area contributed by atoms with Crippen molar-refractivity contribution >= 4 is 34.0 Å². The van der Waals surface area contributed by atoms with E-state index < -0.39 is 0 Å². The zero-order chi connectivity index (χ0) is 20.1. The molecule has 6 nitrogen and oxygen atoms in total. The molecule has 0 bridgehead atoms. The van der Waals surface area contributed by atoms with Crippen molar-refractivity contribution in [2.45, 2.75) is 26.4 Å². The van der Waals surface area contributed by atoms with E-state index in [1.54, 1.807) is 11.3 Å². The second-order valence-electron chi connectivity index (χ2n) is 7.27. The fourth-order valence-corrected chi connectivity index (χ4v) is 4.49. The van der Waals surface area contributed by atoms with Crippen molar-refractivity contribution in [2.75, 3.05) is 38.2 Å². The van der Waals surface area contributed by atoms with Crippen LogP contribution in [0.25, 0.3) is 10.9 Å². The molecule has 4 rings (SSSR count). The minimum Gasteiger partial charge on any atom is -0.379 e. The molecule has 0 saturated carbocycles. The average molecular weight is 413 g/mol. The predicted octanol–water partition coefficient (Wildman–Crippen LogP) is 3.92. The van der Waals surface area contributed by atoms with E-state index in [0.717, 1.165) is 56.9 Å². The topological polar surface area (TPSA) is 58.5 Å². The van der Waals surface area contributed by atoms with Gasteiger partial charge in [0, 0.05) is 58.7 Å². The largest absolute Gasteiger partial charge is 0.379 e. The third-order valence-corrected chi connectivity index (χ3v) is 6.51. The number of carbonyl (C=O) groups excluding carboxylic acids is 1. The highest BCUT2D eigenvalue weighted by atomic mass is 32.1. The molecule has 154 valence electrons. The lowest BCUT2D eigenvalue weighted by molar-refractivity contribution is 0.0365. The highest BCUT2D eigenvalue weighted by Gasteiger charge is 2.11. The van der Waals surface area contributed by atoms with Crippen LogP contribution in [0.5, 0.6) is 0 Å². The molecule has 0 radical (unpaired) electrons. The van der Waals surface area contributed by atoms with Crippen LogP contribution in [-0.4, -0.2) is 48.3 Å². The Kier molecular flexibility index (Phi) is 6.49. The smallest absolute Gasteiger partial charge is 0.319 e. The van der Waals surface area contributed by atoms with Crippen molar-refractivity contribution in [1.82, 2.24) is 14.8 Å². The van der Waals surface area contributed by atoms with Gasteiger partial charge in [0.25, 0.3) is 0 Å². The minimum absolute atomic E-state index is 0.178. The molecule has 0 aliphatic carbocycles. The van der Waals surface area contributed by atoms with Gasteiger partial charge in [-0.15, -0.1) is 11.3 Å². The molecule has 1 aromatic carbocycles. The van der Waals surface area contributed by atoms with Crippen molar-refractivity contribution < 1.29 is 9.53 Å². The maximum Gasteiger partial charge on any atom is 0.319 e. The number of ether oxygens (including phenoxy) is 1. The SMILES string of the molecule is CCc1ccc(CNC(=O)Nc2ccc3c(ccn3CCN3CCOCC3)c2)s1. The second-order valence-corrected chi connectivity index (χ2v) is 8.52. The van der Waals surface area contributed by atoms with Crippen LogP contribution < -0.4 is 10.6 Å². The molecule has 29 heavy (non-hydrogen) atoms. The van der Waals surface area contributed by atoms with E-state index in [4.69, 9.17) is 4.74 Å². The van der Waals surface area contributed by atoms with Gasteiger partial charge in [0.15, 0.2) is 0 Å². The van der Waals surface area contributed by atoms with E-state index in [-0.39, 0.29) is 6.03 Å². The highest BCUT2D eigenvalue weighted by Crippen LogP contribution is 2.21. The number of aromatic nitrogens is 1. The summed E-state index contributed by atoms with van der Waals surface area (Å²) in [4.78, 5) is 17.2. The number of nitrogens with one attached hydrogen (secondary N) is 2. The van der Waals surface area contributed by atoms with E-state index in [1.807, 2.05) is 12.1 Å². The summed E-state index contributed by atoms with van der Waals surface area (Å²) in [6.07, 6.45) is 3.15. The van der Waals surface area contributed by atoms with Gasteiger partial charge in [-0.2, -0.15) is 0 Å². The Labute approximate surface area is 175 Å². The average Bonchev–Trinajstić information content (AvgIpc) is 3.38. The first-order valence-corrected chi connectivity index (χ1v) is 11.0. The number of amides is 2. The number of hydrogen-bond acceptors (Lipinski definition) is 4. The van der Waals surface area contributed by atoms with E-state index >= 15 is 0 Å². The zero-order valence-corrected chi connectivity index (χ0v) is 17.6. The minimum atomic E-state index is -0.178. The van der Waals surface area contributed by atoms with Crippen LogP contribution >= 0.6 is 11.3 Å². The van der Waals surface area contributed by atoms with Gasteiger partial charge >= 0.3 is 6.03 Å². The number of nitrogens with zero attached hydrogens (tertiary/aromatic N) is 2. The number of benzene rings is 1. The van der Waals surface area contributed by atoms with Gasteiger partial charge < -0.3 is 19.9 Å². The number of thiophene rings is 1. The lowest BCUT2D eigenvalue weighted by atomic mass is 10.2. The second kappa shape index (κ2) is 9.43. The molecule has 0 atom stereocenters. The summed E-state index contributed by atoms with van der Waals surface area (Å²) in [5, 5.41) is 7.01. The number of anilines is 1. The fraction of sp³-hybridized carbons (Fsp3) is 0.409. The quantitative estimate of drug-likeness (QED) is 0.618. The van der Waals surface area contributed by atoms with E-state index in [9.17, 15) is 4.79 Å². The number of carbonyl (C=O) groups is 1. The van der Waals surface area contributed by atoms with Gasteiger partial charge in [-0.1, -0.05) is 6.92 Å². The molecule has 2 aromatic heterocycles.